The molecular weight excluding hydrogens is 398 g/mol. The van der Waals surface area contributed by atoms with Crippen molar-refractivity contribution in [3.63, 3.8) is 0 Å². The Morgan fingerprint density at radius 2 is 1.70 bits per heavy atom. The van der Waals surface area contributed by atoms with E-state index in [1.54, 1.807) is 17.1 Å². The molecular formula is C22H21N5O2S. The lowest BCUT2D eigenvalue weighted by molar-refractivity contribution is -0.114. The largest absolute Gasteiger partial charge is 0.325 e. The number of carbonyl (C=O) groups is 1. The number of pyridine rings is 1. The number of nitrogens with zero attached hydrogens (tertiary/aromatic N) is 3. The third-order valence-corrected chi connectivity index (χ3v) is 5.12. The maximum atomic E-state index is 11.5. The van der Waals surface area contributed by atoms with Crippen LogP contribution in [0.15, 0.2) is 60.8 Å². The zero-order valence-corrected chi connectivity index (χ0v) is 17.7. The summed E-state index contributed by atoms with van der Waals surface area (Å²) in [6.07, 6.45) is 3.23. The highest BCUT2D eigenvalue weighted by molar-refractivity contribution is 7.85. The van der Waals surface area contributed by atoms with Crippen LogP contribution in [-0.4, -0.2) is 31.1 Å². The molecule has 0 radical (unpaired) electrons. The van der Waals surface area contributed by atoms with Crippen molar-refractivity contribution in [1.29, 1.82) is 0 Å². The van der Waals surface area contributed by atoms with E-state index < -0.39 is 11.0 Å². The number of carbonyl (C=O) groups excluding carboxylic acids is 1. The minimum absolute atomic E-state index is 0.148. The summed E-state index contributed by atoms with van der Waals surface area (Å²) < 4.78 is 16.1. The summed E-state index contributed by atoms with van der Waals surface area (Å²) in [6, 6.07) is 17.7. The van der Waals surface area contributed by atoms with E-state index in [2.05, 4.69) is 26.2 Å². The van der Waals surface area contributed by atoms with E-state index in [1.165, 1.54) is 6.92 Å². The first kappa shape index (κ1) is 19.8. The molecule has 8 heteroatoms. The van der Waals surface area contributed by atoms with Crippen molar-refractivity contribution >= 4 is 39.3 Å². The number of hydrogen-bond acceptors (Lipinski definition) is 4. The fourth-order valence-corrected chi connectivity index (χ4v) is 3.86. The summed E-state index contributed by atoms with van der Waals surface area (Å²) in [5.41, 5.74) is 5.92. The van der Waals surface area contributed by atoms with E-state index in [0.29, 0.717) is 5.69 Å². The fourth-order valence-electron chi connectivity index (χ4n) is 3.40. The van der Waals surface area contributed by atoms with Crippen LogP contribution < -0.4 is 10.0 Å². The van der Waals surface area contributed by atoms with E-state index >= 15 is 0 Å². The molecule has 152 valence electrons. The summed E-state index contributed by atoms with van der Waals surface area (Å²) >= 11 is 0. The number of amides is 1. The van der Waals surface area contributed by atoms with Gasteiger partial charge in [0.2, 0.25) is 5.91 Å². The number of aryl methyl sites for hydroxylation is 1. The molecule has 0 spiro atoms. The van der Waals surface area contributed by atoms with Crippen LogP contribution in [0.3, 0.4) is 0 Å². The first-order valence-electron chi connectivity index (χ1n) is 9.32. The Hall–Kier alpha value is -3.52. The quantitative estimate of drug-likeness (QED) is 0.512. The summed E-state index contributed by atoms with van der Waals surface area (Å²) in [7, 11) is 0.713. The van der Waals surface area contributed by atoms with Gasteiger partial charge in [-0.3, -0.25) is 4.79 Å². The average molecular weight is 420 g/mol. The van der Waals surface area contributed by atoms with Crippen LogP contribution in [0, 0.1) is 0 Å². The normalized spacial score (nSPS) is 12.0. The van der Waals surface area contributed by atoms with Crippen LogP contribution >= 0.6 is 0 Å². The molecule has 0 aliphatic heterocycles. The van der Waals surface area contributed by atoms with Gasteiger partial charge in [0.1, 0.15) is 16.7 Å². The fraction of sp³-hybridized carbons (Fsp3) is 0.136. The molecule has 7 nitrogen and oxygen atoms in total. The topological polar surface area (TPSA) is 88.9 Å². The van der Waals surface area contributed by atoms with Gasteiger partial charge in [0.25, 0.3) is 0 Å². The lowest BCUT2D eigenvalue weighted by Gasteiger charge is -2.08. The van der Waals surface area contributed by atoms with E-state index in [1.807, 2.05) is 55.6 Å². The number of nitrogens with one attached hydrogen (secondary N) is 2. The van der Waals surface area contributed by atoms with Crippen molar-refractivity contribution in [1.82, 2.24) is 14.8 Å². The molecule has 0 bridgehead atoms. The van der Waals surface area contributed by atoms with E-state index in [9.17, 15) is 9.00 Å². The van der Waals surface area contributed by atoms with E-state index in [-0.39, 0.29) is 5.91 Å². The molecule has 0 saturated heterocycles. The van der Waals surface area contributed by atoms with Crippen molar-refractivity contribution in [3.05, 3.63) is 60.8 Å². The molecule has 0 aliphatic carbocycles. The van der Waals surface area contributed by atoms with Crippen molar-refractivity contribution in [2.45, 2.75) is 6.92 Å². The second kappa shape index (κ2) is 8.08. The lowest BCUT2D eigenvalue weighted by atomic mass is 10.0. The standard InChI is InChI=1S/C22H21N5O2S/c1-14(28)24-19-12-20-21(25-27(2)22(20)23-13-19)17-8-4-6-15(10-17)16-7-5-9-18(11-16)26-30(3)29/h4-13,26H,1-3H3,(H,24,28). The zero-order chi connectivity index (χ0) is 21.3. The van der Waals surface area contributed by atoms with Crippen LogP contribution in [-0.2, 0) is 22.8 Å². The van der Waals surface area contributed by atoms with Crippen molar-refractivity contribution < 1.29 is 9.00 Å². The summed E-state index contributed by atoms with van der Waals surface area (Å²) in [4.78, 5) is 15.9. The maximum Gasteiger partial charge on any atom is 0.221 e. The minimum Gasteiger partial charge on any atom is -0.325 e. The van der Waals surface area contributed by atoms with Gasteiger partial charge in [-0.1, -0.05) is 30.3 Å². The van der Waals surface area contributed by atoms with Crippen LogP contribution in [0.1, 0.15) is 6.92 Å². The van der Waals surface area contributed by atoms with Crippen LogP contribution in [0.2, 0.25) is 0 Å². The molecule has 1 unspecified atom stereocenters. The highest BCUT2D eigenvalue weighted by Crippen LogP contribution is 2.32. The smallest absolute Gasteiger partial charge is 0.221 e. The molecule has 2 N–H and O–H groups in total. The van der Waals surface area contributed by atoms with Gasteiger partial charge in [-0.05, 0) is 35.4 Å². The van der Waals surface area contributed by atoms with Crippen molar-refractivity contribution in [2.24, 2.45) is 7.05 Å². The van der Waals surface area contributed by atoms with E-state index in [4.69, 9.17) is 0 Å². The van der Waals surface area contributed by atoms with Gasteiger partial charge in [0.15, 0.2) is 5.65 Å². The second-order valence-electron chi connectivity index (χ2n) is 6.97. The van der Waals surface area contributed by atoms with Gasteiger partial charge in [-0.2, -0.15) is 5.10 Å². The van der Waals surface area contributed by atoms with E-state index in [0.717, 1.165) is 39.1 Å². The van der Waals surface area contributed by atoms with Crippen molar-refractivity contribution in [3.8, 4) is 22.4 Å². The number of benzene rings is 2. The molecule has 0 aliphatic rings. The highest BCUT2D eigenvalue weighted by Gasteiger charge is 2.14. The monoisotopic (exact) mass is 419 g/mol. The second-order valence-corrected chi connectivity index (χ2v) is 8.08. The lowest BCUT2D eigenvalue weighted by Crippen LogP contribution is -2.05. The molecule has 0 saturated carbocycles. The Bertz CT molecular complexity index is 1280. The Labute approximate surface area is 176 Å². The molecule has 2 aromatic carbocycles. The SMILES string of the molecule is CC(=O)Nc1cnc2c(c1)c(-c1cccc(-c3cccc(NS(C)=O)c3)c1)nn2C. The van der Waals surface area contributed by atoms with Crippen molar-refractivity contribution in [2.75, 3.05) is 16.3 Å². The first-order chi connectivity index (χ1) is 14.4. The molecule has 1 amide bonds. The van der Waals surface area contributed by atoms with Gasteiger partial charge in [0.05, 0.1) is 11.9 Å². The van der Waals surface area contributed by atoms with Gasteiger partial charge in [-0.25, -0.2) is 13.9 Å². The molecule has 4 aromatic rings. The molecule has 4 rings (SSSR count). The third kappa shape index (κ3) is 4.08. The number of aromatic nitrogens is 3. The Balaban J connectivity index is 1.78. The molecule has 0 fully saturated rings. The van der Waals surface area contributed by atoms with Crippen LogP contribution in [0.25, 0.3) is 33.4 Å². The Morgan fingerprint density at radius 1 is 1.00 bits per heavy atom. The number of fused-ring (bicyclic) bond motifs is 1. The zero-order valence-electron chi connectivity index (χ0n) is 16.8. The predicted octanol–water partition coefficient (Wildman–Crippen LogP) is 3.97. The molecule has 2 aromatic heterocycles. The molecule has 2 heterocycles. The maximum absolute atomic E-state index is 11.5. The molecule has 30 heavy (non-hydrogen) atoms. The highest BCUT2D eigenvalue weighted by atomic mass is 32.2. The number of hydrogen-bond donors (Lipinski definition) is 2. The first-order valence-corrected chi connectivity index (χ1v) is 10.9. The van der Waals surface area contributed by atoms with Crippen LogP contribution in [0.5, 0.6) is 0 Å². The van der Waals surface area contributed by atoms with Gasteiger partial charge in [-0.15, -0.1) is 0 Å². The number of anilines is 2. The van der Waals surface area contributed by atoms with Gasteiger partial charge >= 0.3 is 0 Å². The average Bonchev–Trinajstić information content (AvgIpc) is 3.03. The molecule has 1 atom stereocenters. The summed E-state index contributed by atoms with van der Waals surface area (Å²) in [6.45, 7) is 1.47. The summed E-state index contributed by atoms with van der Waals surface area (Å²) in [5.74, 6) is -0.148. The predicted molar refractivity (Wildman–Crippen MR) is 121 cm³/mol. The third-order valence-electron chi connectivity index (χ3n) is 4.59. The Morgan fingerprint density at radius 3 is 2.43 bits per heavy atom. The van der Waals surface area contributed by atoms with Crippen LogP contribution in [0.4, 0.5) is 11.4 Å². The van der Waals surface area contributed by atoms with Gasteiger partial charge < -0.3 is 10.0 Å². The summed E-state index contributed by atoms with van der Waals surface area (Å²) in [5, 5.41) is 8.29. The van der Waals surface area contributed by atoms with Gasteiger partial charge in [0, 0.05) is 36.9 Å². The minimum atomic E-state index is -1.13. The Kier molecular flexibility index (Phi) is 5.33. The number of rotatable bonds is 5.